The predicted molar refractivity (Wildman–Crippen MR) is 77.6 cm³/mol. The first-order chi connectivity index (χ1) is 7.74. The fraction of sp³-hybridized carbons (Fsp3) is 0.571. The second kappa shape index (κ2) is 5.40. The van der Waals surface area contributed by atoms with Gasteiger partial charge in [0.2, 0.25) is 0 Å². The first-order valence-electron chi connectivity index (χ1n) is 5.97. The van der Waals surface area contributed by atoms with Gasteiger partial charge in [-0.1, -0.05) is 19.9 Å². The van der Waals surface area contributed by atoms with Crippen LogP contribution in [-0.4, -0.2) is 17.3 Å². The number of benzene rings is 1. The summed E-state index contributed by atoms with van der Waals surface area (Å²) in [5, 5.41) is 13.5. The van der Waals surface area contributed by atoms with Gasteiger partial charge in [0, 0.05) is 11.0 Å². The van der Waals surface area contributed by atoms with Crippen molar-refractivity contribution in [1.29, 1.82) is 0 Å². The summed E-state index contributed by atoms with van der Waals surface area (Å²) in [5.41, 5.74) is 2.79. The molecule has 1 aromatic carbocycles. The van der Waals surface area contributed by atoms with E-state index in [1.807, 2.05) is 20.8 Å². The molecule has 0 bridgehead atoms. The molecule has 0 aromatic heterocycles. The van der Waals surface area contributed by atoms with Crippen LogP contribution in [0.1, 0.15) is 31.9 Å². The predicted octanol–water partition coefficient (Wildman–Crippen LogP) is 3.88. The Morgan fingerprint density at radius 3 is 2.41 bits per heavy atom. The zero-order valence-electron chi connectivity index (χ0n) is 11.3. The van der Waals surface area contributed by atoms with E-state index in [-0.39, 0.29) is 5.92 Å². The smallest absolute Gasteiger partial charge is 0.0813 e. The Balaban J connectivity index is 2.83. The lowest BCUT2D eigenvalue weighted by atomic mass is 9.92. The molecule has 0 heterocycles. The Kier molecular flexibility index (Phi) is 4.62. The molecule has 0 fully saturated rings. The van der Waals surface area contributed by atoms with Crippen LogP contribution in [0.15, 0.2) is 16.6 Å². The largest absolute Gasteiger partial charge is 0.388 e. The van der Waals surface area contributed by atoms with Gasteiger partial charge in [-0.3, -0.25) is 0 Å². The molecule has 0 aliphatic rings. The van der Waals surface area contributed by atoms with Gasteiger partial charge in [-0.05, 0) is 59.8 Å². The van der Waals surface area contributed by atoms with E-state index in [1.165, 1.54) is 11.1 Å². The van der Waals surface area contributed by atoms with Crippen LogP contribution in [0, 0.1) is 19.8 Å². The monoisotopic (exact) mass is 299 g/mol. The normalized spacial score (nSPS) is 14.8. The summed E-state index contributed by atoms with van der Waals surface area (Å²) >= 11 is 3.56. The highest BCUT2D eigenvalue weighted by Gasteiger charge is 2.24. The molecular formula is C14H22BrNO. The lowest BCUT2D eigenvalue weighted by Crippen LogP contribution is -2.38. The number of aryl methyl sites for hydroxylation is 2. The van der Waals surface area contributed by atoms with Gasteiger partial charge in [-0.25, -0.2) is 0 Å². The summed E-state index contributed by atoms with van der Waals surface area (Å²) in [6.07, 6.45) is 0. The van der Waals surface area contributed by atoms with E-state index in [2.05, 4.69) is 47.2 Å². The van der Waals surface area contributed by atoms with Gasteiger partial charge >= 0.3 is 0 Å². The molecule has 1 rings (SSSR count). The highest BCUT2D eigenvalue weighted by atomic mass is 79.9. The van der Waals surface area contributed by atoms with Crippen LogP contribution >= 0.6 is 15.9 Å². The third-order valence-electron chi connectivity index (χ3n) is 3.30. The van der Waals surface area contributed by atoms with Gasteiger partial charge in [0.1, 0.15) is 0 Å². The third-order valence-corrected chi connectivity index (χ3v) is 3.92. The average molecular weight is 300 g/mol. The van der Waals surface area contributed by atoms with Gasteiger partial charge < -0.3 is 10.4 Å². The lowest BCUT2D eigenvalue weighted by molar-refractivity contribution is 0.0266. The van der Waals surface area contributed by atoms with Crippen LogP contribution in [0.4, 0.5) is 5.69 Å². The Hall–Kier alpha value is -0.540. The van der Waals surface area contributed by atoms with Crippen molar-refractivity contribution in [2.24, 2.45) is 5.92 Å². The molecule has 0 aliphatic carbocycles. The summed E-state index contributed by atoms with van der Waals surface area (Å²) < 4.78 is 1.05. The Labute approximate surface area is 113 Å². The first kappa shape index (κ1) is 14.5. The summed E-state index contributed by atoms with van der Waals surface area (Å²) in [7, 11) is 0. The first-order valence-corrected chi connectivity index (χ1v) is 6.76. The summed E-state index contributed by atoms with van der Waals surface area (Å²) in [5.74, 6) is 0.222. The van der Waals surface area contributed by atoms with E-state index in [0.29, 0.717) is 6.54 Å². The molecule has 0 saturated heterocycles. The van der Waals surface area contributed by atoms with Crippen molar-refractivity contribution in [3.8, 4) is 0 Å². The molecule has 1 aromatic rings. The van der Waals surface area contributed by atoms with Crippen LogP contribution < -0.4 is 5.32 Å². The zero-order chi connectivity index (χ0) is 13.2. The number of rotatable bonds is 4. The van der Waals surface area contributed by atoms with Crippen LogP contribution in [0.5, 0.6) is 0 Å². The van der Waals surface area contributed by atoms with Crippen LogP contribution in [-0.2, 0) is 0 Å². The van der Waals surface area contributed by atoms with E-state index in [0.717, 1.165) is 10.2 Å². The van der Waals surface area contributed by atoms with Crippen molar-refractivity contribution in [3.63, 3.8) is 0 Å². The van der Waals surface area contributed by atoms with E-state index in [4.69, 9.17) is 0 Å². The summed E-state index contributed by atoms with van der Waals surface area (Å²) in [6.45, 7) is 10.6. The van der Waals surface area contributed by atoms with Crippen molar-refractivity contribution < 1.29 is 5.11 Å². The van der Waals surface area contributed by atoms with E-state index in [9.17, 15) is 5.11 Å². The van der Waals surface area contributed by atoms with Crippen molar-refractivity contribution in [3.05, 3.63) is 27.7 Å². The van der Waals surface area contributed by atoms with E-state index < -0.39 is 5.60 Å². The molecule has 0 aliphatic heterocycles. The van der Waals surface area contributed by atoms with Crippen molar-refractivity contribution >= 4 is 21.6 Å². The number of halogens is 1. The molecule has 0 radical (unpaired) electrons. The van der Waals surface area contributed by atoms with Gasteiger partial charge in [-0.2, -0.15) is 0 Å². The van der Waals surface area contributed by atoms with Crippen LogP contribution in [0.25, 0.3) is 0 Å². The lowest BCUT2D eigenvalue weighted by Gasteiger charge is -2.29. The molecule has 0 amide bonds. The van der Waals surface area contributed by atoms with Crippen LogP contribution in [0.2, 0.25) is 0 Å². The molecule has 2 N–H and O–H groups in total. The Morgan fingerprint density at radius 2 is 1.94 bits per heavy atom. The molecule has 17 heavy (non-hydrogen) atoms. The number of hydrogen-bond donors (Lipinski definition) is 2. The molecule has 96 valence electrons. The maximum Gasteiger partial charge on any atom is 0.0813 e. The Bertz CT molecular complexity index is 376. The minimum atomic E-state index is -0.698. The summed E-state index contributed by atoms with van der Waals surface area (Å²) in [6, 6.07) is 4.22. The van der Waals surface area contributed by atoms with Gasteiger partial charge in [-0.15, -0.1) is 0 Å². The maximum atomic E-state index is 10.2. The minimum absolute atomic E-state index is 0.222. The van der Waals surface area contributed by atoms with Crippen molar-refractivity contribution in [2.75, 3.05) is 11.9 Å². The van der Waals surface area contributed by atoms with Crippen molar-refractivity contribution in [2.45, 2.75) is 40.2 Å². The number of hydrogen-bond acceptors (Lipinski definition) is 2. The van der Waals surface area contributed by atoms with Gasteiger partial charge in [0.25, 0.3) is 0 Å². The second-order valence-electron chi connectivity index (χ2n) is 5.30. The van der Waals surface area contributed by atoms with Gasteiger partial charge in [0.15, 0.2) is 0 Å². The highest BCUT2D eigenvalue weighted by molar-refractivity contribution is 9.10. The summed E-state index contributed by atoms with van der Waals surface area (Å²) in [4.78, 5) is 0. The van der Waals surface area contributed by atoms with Crippen LogP contribution in [0.3, 0.4) is 0 Å². The molecule has 0 saturated carbocycles. The standard InChI is InChI=1S/C14H22BrNO/c1-9(2)14(5,17)8-16-13-11(4)6-10(3)7-12(13)15/h6-7,9,16-17H,8H2,1-5H3. The molecule has 0 spiro atoms. The fourth-order valence-corrected chi connectivity index (χ4v) is 2.43. The average Bonchev–Trinajstić information content (AvgIpc) is 2.15. The molecule has 1 unspecified atom stereocenters. The molecule has 2 nitrogen and oxygen atoms in total. The highest BCUT2D eigenvalue weighted by Crippen LogP contribution is 2.28. The van der Waals surface area contributed by atoms with E-state index >= 15 is 0 Å². The SMILES string of the molecule is Cc1cc(C)c(NCC(C)(O)C(C)C)c(Br)c1. The topological polar surface area (TPSA) is 32.3 Å². The van der Waals surface area contributed by atoms with E-state index in [1.54, 1.807) is 0 Å². The van der Waals surface area contributed by atoms with Gasteiger partial charge in [0.05, 0.1) is 11.3 Å². The third kappa shape index (κ3) is 3.71. The number of nitrogens with one attached hydrogen (secondary N) is 1. The second-order valence-corrected chi connectivity index (χ2v) is 6.16. The molecule has 1 atom stereocenters. The number of anilines is 1. The maximum absolute atomic E-state index is 10.2. The van der Waals surface area contributed by atoms with Crippen molar-refractivity contribution in [1.82, 2.24) is 0 Å². The quantitative estimate of drug-likeness (QED) is 0.884. The molecular weight excluding hydrogens is 278 g/mol. The minimum Gasteiger partial charge on any atom is -0.388 e. The molecule has 3 heteroatoms. The zero-order valence-corrected chi connectivity index (χ0v) is 12.9. The fourth-order valence-electron chi connectivity index (χ4n) is 1.61. The number of aliphatic hydroxyl groups is 1. The Morgan fingerprint density at radius 1 is 1.35 bits per heavy atom.